The van der Waals surface area contributed by atoms with Crippen LogP contribution in [0.15, 0.2) is 24.3 Å². The first-order valence-corrected chi connectivity index (χ1v) is 13.0. The molecule has 0 aliphatic rings. The fourth-order valence-corrected chi connectivity index (χ4v) is 3.71. The van der Waals surface area contributed by atoms with Crippen LogP contribution in [0.1, 0.15) is 31.2 Å². The number of nitrogens with two attached hydrogens (primary N) is 2. The van der Waals surface area contributed by atoms with Crippen molar-refractivity contribution in [1.82, 2.24) is 16.0 Å². The number of aliphatic carboxylic acids is 1. The first-order valence-electron chi connectivity index (χ1n) is 11.6. The average Bonchev–Trinajstić information content (AvgIpc) is 2.85. The maximum absolute atomic E-state index is 13.1. The molecule has 0 aromatic heterocycles. The molecular formula is C23H37N5O7S. The van der Waals surface area contributed by atoms with Gasteiger partial charge in [-0.15, -0.1) is 0 Å². The lowest BCUT2D eigenvalue weighted by molar-refractivity contribution is -0.142. The number of benzene rings is 1. The zero-order valence-electron chi connectivity index (χ0n) is 20.3. The van der Waals surface area contributed by atoms with Gasteiger partial charge in [0.25, 0.3) is 0 Å². The van der Waals surface area contributed by atoms with Gasteiger partial charge < -0.3 is 42.7 Å². The first-order chi connectivity index (χ1) is 17.1. The summed E-state index contributed by atoms with van der Waals surface area (Å²) in [6, 6.07) is 1.42. The summed E-state index contributed by atoms with van der Waals surface area (Å²) in [7, 11) is 0. The van der Waals surface area contributed by atoms with Crippen molar-refractivity contribution in [2.45, 2.75) is 56.3 Å². The Hall–Kier alpha value is -2.87. The van der Waals surface area contributed by atoms with Crippen LogP contribution < -0.4 is 27.4 Å². The summed E-state index contributed by atoms with van der Waals surface area (Å²) < 4.78 is 0. The van der Waals surface area contributed by atoms with Crippen LogP contribution >= 0.6 is 11.8 Å². The minimum absolute atomic E-state index is 0.00629. The zero-order valence-corrected chi connectivity index (χ0v) is 21.1. The Kier molecular flexibility index (Phi) is 14.5. The normalized spacial score (nSPS) is 14.2. The number of nitrogens with one attached hydrogen (secondary N) is 3. The molecule has 10 N–H and O–H groups in total. The van der Waals surface area contributed by atoms with Crippen molar-refractivity contribution < 1.29 is 34.5 Å². The molecule has 0 fully saturated rings. The van der Waals surface area contributed by atoms with Crippen LogP contribution in [0, 0.1) is 0 Å². The third kappa shape index (κ3) is 11.2. The number of thioether (sulfide) groups is 1. The minimum atomic E-state index is -1.21. The molecule has 3 amide bonds. The van der Waals surface area contributed by atoms with Gasteiger partial charge in [-0.3, -0.25) is 14.4 Å². The van der Waals surface area contributed by atoms with Crippen molar-refractivity contribution in [1.29, 1.82) is 0 Å². The quantitative estimate of drug-likeness (QED) is 0.112. The summed E-state index contributed by atoms with van der Waals surface area (Å²) in [6.45, 7) is -0.210. The lowest BCUT2D eigenvalue weighted by atomic mass is 10.0. The van der Waals surface area contributed by atoms with Crippen LogP contribution in [0.5, 0.6) is 5.75 Å². The van der Waals surface area contributed by atoms with E-state index in [0.717, 1.165) is 0 Å². The predicted octanol–water partition coefficient (Wildman–Crippen LogP) is -1.32. The monoisotopic (exact) mass is 527 g/mol. The number of phenolic OH excluding ortho intramolecular Hbond substituents is 1. The molecule has 0 saturated heterocycles. The number of aromatic hydroxyl groups is 1. The molecule has 0 aliphatic heterocycles. The Labute approximate surface area is 214 Å². The van der Waals surface area contributed by atoms with Gasteiger partial charge in [-0.1, -0.05) is 12.1 Å². The van der Waals surface area contributed by atoms with Gasteiger partial charge in [0.05, 0.1) is 6.61 Å². The van der Waals surface area contributed by atoms with Crippen LogP contribution in [0.2, 0.25) is 0 Å². The van der Waals surface area contributed by atoms with Gasteiger partial charge in [0, 0.05) is 6.42 Å². The van der Waals surface area contributed by atoms with Gasteiger partial charge in [0.2, 0.25) is 17.7 Å². The molecule has 0 saturated carbocycles. The number of carboxylic acids is 1. The fraction of sp³-hybridized carbons (Fsp3) is 0.565. The maximum Gasteiger partial charge on any atom is 0.326 e. The number of rotatable bonds is 17. The molecular weight excluding hydrogens is 490 g/mol. The SMILES string of the molecule is CSCCC(NC(=O)C(N)CO)C(=O)NC(Cc1ccc(O)cc1)C(=O)NC(CCCCN)C(=O)O. The molecule has 202 valence electrons. The summed E-state index contributed by atoms with van der Waals surface area (Å²) in [4.78, 5) is 50.0. The van der Waals surface area contributed by atoms with Gasteiger partial charge in [-0.2, -0.15) is 11.8 Å². The van der Waals surface area contributed by atoms with Crippen LogP contribution in [0.3, 0.4) is 0 Å². The molecule has 0 bridgehead atoms. The van der Waals surface area contributed by atoms with Crippen molar-refractivity contribution in [3.05, 3.63) is 29.8 Å². The van der Waals surface area contributed by atoms with Crippen LogP contribution in [0.4, 0.5) is 0 Å². The van der Waals surface area contributed by atoms with E-state index in [-0.39, 0.29) is 25.0 Å². The number of aliphatic hydroxyl groups excluding tert-OH is 1. The van der Waals surface area contributed by atoms with E-state index in [1.807, 2.05) is 6.26 Å². The molecule has 12 nitrogen and oxygen atoms in total. The topological polar surface area (TPSA) is 217 Å². The van der Waals surface area contributed by atoms with E-state index < -0.39 is 54.5 Å². The largest absolute Gasteiger partial charge is 0.508 e. The highest BCUT2D eigenvalue weighted by molar-refractivity contribution is 7.98. The maximum atomic E-state index is 13.1. The van der Waals surface area contributed by atoms with Gasteiger partial charge in [-0.05, 0) is 61.9 Å². The molecule has 4 atom stereocenters. The van der Waals surface area contributed by atoms with E-state index >= 15 is 0 Å². The lowest BCUT2D eigenvalue weighted by Gasteiger charge is -2.25. The van der Waals surface area contributed by atoms with Crippen molar-refractivity contribution in [2.24, 2.45) is 11.5 Å². The lowest BCUT2D eigenvalue weighted by Crippen LogP contribution is -2.58. The zero-order chi connectivity index (χ0) is 27.1. The molecule has 0 spiro atoms. The highest BCUT2D eigenvalue weighted by Gasteiger charge is 2.30. The van der Waals surface area contributed by atoms with Crippen LogP contribution in [0.25, 0.3) is 0 Å². The average molecular weight is 528 g/mol. The second kappa shape index (κ2) is 16.7. The molecule has 1 aromatic carbocycles. The summed E-state index contributed by atoms with van der Waals surface area (Å²) in [6.07, 6.45) is 3.34. The van der Waals surface area contributed by atoms with Crippen molar-refractivity contribution in [3.63, 3.8) is 0 Å². The van der Waals surface area contributed by atoms with E-state index in [9.17, 15) is 29.4 Å². The van der Waals surface area contributed by atoms with Gasteiger partial charge in [0.1, 0.15) is 29.9 Å². The Morgan fingerprint density at radius 1 is 0.917 bits per heavy atom. The van der Waals surface area contributed by atoms with Crippen molar-refractivity contribution in [2.75, 3.05) is 25.2 Å². The fourth-order valence-electron chi connectivity index (χ4n) is 3.24. The number of carbonyl (C=O) groups is 4. The highest BCUT2D eigenvalue weighted by atomic mass is 32.2. The Balaban J connectivity index is 3.10. The van der Waals surface area contributed by atoms with E-state index in [2.05, 4.69) is 16.0 Å². The number of amides is 3. The molecule has 36 heavy (non-hydrogen) atoms. The number of carboxylic acid groups (broad SMARTS) is 1. The third-order valence-electron chi connectivity index (χ3n) is 5.35. The number of carbonyl (C=O) groups excluding carboxylic acids is 3. The second-order valence-electron chi connectivity index (χ2n) is 8.25. The summed E-state index contributed by atoms with van der Waals surface area (Å²) in [5.74, 6) is -2.75. The van der Waals surface area contributed by atoms with E-state index in [0.29, 0.717) is 30.7 Å². The van der Waals surface area contributed by atoms with Crippen LogP contribution in [-0.2, 0) is 25.6 Å². The molecule has 4 unspecified atom stereocenters. The standard InChI is InChI=1S/C23H37N5O7S/c1-36-11-9-17(26-20(31)16(25)13-29)21(32)28-19(12-14-5-7-15(30)8-6-14)22(33)27-18(23(34)35)4-2-3-10-24/h5-8,16-19,29-30H,2-4,9-13,24-25H2,1H3,(H,26,31)(H,27,33)(H,28,32)(H,34,35). The smallest absolute Gasteiger partial charge is 0.326 e. The molecule has 13 heteroatoms. The van der Waals surface area contributed by atoms with Gasteiger partial charge >= 0.3 is 5.97 Å². The minimum Gasteiger partial charge on any atom is -0.508 e. The Morgan fingerprint density at radius 3 is 2.06 bits per heavy atom. The molecule has 0 radical (unpaired) electrons. The van der Waals surface area contributed by atoms with E-state index in [1.165, 1.54) is 23.9 Å². The number of hydrogen-bond donors (Lipinski definition) is 8. The molecule has 0 heterocycles. The van der Waals surface area contributed by atoms with Crippen molar-refractivity contribution >= 4 is 35.5 Å². The molecule has 0 aliphatic carbocycles. The predicted molar refractivity (Wildman–Crippen MR) is 136 cm³/mol. The Bertz CT molecular complexity index is 856. The first kappa shape index (κ1) is 31.2. The van der Waals surface area contributed by atoms with E-state index in [4.69, 9.17) is 16.6 Å². The second-order valence-corrected chi connectivity index (χ2v) is 9.23. The third-order valence-corrected chi connectivity index (χ3v) is 5.99. The highest BCUT2D eigenvalue weighted by Crippen LogP contribution is 2.12. The molecule has 1 aromatic rings. The number of unbranched alkanes of at least 4 members (excludes halogenated alkanes) is 1. The molecule has 1 rings (SSSR count). The van der Waals surface area contributed by atoms with Gasteiger partial charge in [0.15, 0.2) is 0 Å². The summed E-state index contributed by atoms with van der Waals surface area (Å²) >= 11 is 1.45. The number of aliphatic hydroxyl groups is 1. The summed E-state index contributed by atoms with van der Waals surface area (Å²) in [5.41, 5.74) is 11.6. The van der Waals surface area contributed by atoms with Gasteiger partial charge in [-0.25, -0.2) is 4.79 Å². The van der Waals surface area contributed by atoms with E-state index in [1.54, 1.807) is 12.1 Å². The van der Waals surface area contributed by atoms with Crippen LogP contribution in [-0.4, -0.2) is 88.3 Å². The summed E-state index contributed by atoms with van der Waals surface area (Å²) in [5, 5.41) is 35.8. The number of phenols is 1. The Morgan fingerprint density at radius 2 is 1.50 bits per heavy atom. The number of hydrogen-bond acceptors (Lipinski definition) is 9. The van der Waals surface area contributed by atoms with Crippen molar-refractivity contribution in [3.8, 4) is 5.75 Å².